The normalized spacial score (nSPS) is 12.2. The van der Waals surface area contributed by atoms with Gasteiger partial charge in [-0.1, -0.05) is 29.8 Å². The van der Waals surface area contributed by atoms with E-state index in [1.807, 2.05) is 31.2 Å². The molecule has 0 aliphatic rings. The molecule has 134 valence electrons. The van der Waals surface area contributed by atoms with Crippen LogP contribution in [0.5, 0.6) is 0 Å². The number of tetrazole rings is 1. The average Bonchev–Trinajstić information content (AvgIpc) is 3.17. The quantitative estimate of drug-likeness (QED) is 0.506. The van der Waals surface area contributed by atoms with Gasteiger partial charge in [0.15, 0.2) is 0 Å². The van der Waals surface area contributed by atoms with Crippen LogP contribution in [0.25, 0.3) is 5.69 Å². The van der Waals surface area contributed by atoms with E-state index in [2.05, 4.69) is 20.6 Å². The Morgan fingerprint density at radius 3 is 2.31 bits per heavy atom. The van der Waals surface area contributed by atoms with Crippen LogP contribution in [0.2, 0.25) is 0 Å². The van der Waals surface area contributed by atoms with Crippen molar-refractivity contribution in [2.45, 2.75) is 18.7 Å². The average molecular weight is 370 g/mol. The molecule has 0 N–H and O–H groups in total. The highest BCUT2D eigenvalue weighted by Gasteiger charge is 2.19. The Kier molecular flexibility index (Phi) is 4.81. The number of hydrazone groups is 1. The lowest BCUT2D eigenvalue weighted by Gasteiger charge is -2.15. The molecule has 0 spiro atoms. The van der Waals surface area contributed by atoms with Crippen LogP contribution >= 0.6 is 0 Å². The van der Waals surface area contributed by atoms with Crippen LogP contribution < -0.4 is 0 Å². The number of hydrogen-bond donors (Lipinski definition) is 0. The van der Waals surface area contributed by atoms with Crippen LogP contribution in [0, 0.1) is 6.92 Å². The maximum atomic E-state index is 12.6. The predicted octanol–water partition coefficient (Wildman–Crippen LogP) is 2.02. The number of benzene rings is 2. The summed E-state index contributed by atoms with van der Waals surface area (Å²) in [4.78, 5) is 0.205. The standard InChI is InChI=1S/C17H18N6O2S/c1-13-4-10-17(11-5-13)26(24,25)22(3)19-14(2)15-6-8-16(9-7-15)23-12-18-20-21-23/h4-12H,1-3H3/b19-14-. The topological polar surface area (TPSA) is 93.3 Å². The smallest absolute Gasteiger partial charge is 0.201 e. The van der Waals surface area contributed by atoms with Gasteiger partial charge in [-0.15, -0.1) is 5.10 Å². The first-order valence-electron chi connectivity index (χ1n) is 7.82. The van der Waals surface area contributed by atoms with Crippen LogP contribution in [-0.4, -0.2) is 45.8 Å². The molecule has 0 aliphatic heterocycles. The third kappa shape index (κ3) is 3.62. The highest BCUT2D eigenvalue weighted by atomic mass is 32.2. The van der Waals surface area contributed by atoms with E-state index in [0.717, 1.165) is 21.2 Å². The van der Waals surface area contributed by atoms with Gasteiger partial charge in [0.05, 0.1) is 16.3 Å². The zero-order valence-electron chi connectivity index (χ0n) is 14.6. The highest BCUT2D eigenvalue weighted by molar-refractivity contribution is 7.89. The zero-order valence-corrected chi connectivity index (χ0v) is 15.4. The van der Waals surface area contributed by atoms with Crippen molar-refractivity contribution in [1.29, 1.82) is 0 Å². The van der Waals surface area contributed by atoms with Gasteiger partial charge in [-0.25, -0.2) is 4.68 Å². The summed E-state index contributed by atoms with van der Waals surface area (Å²) in [5.74, 6) is 0. The monoisotopic (exact) mass is 370 g/mol. The molecule has 26 heavy (non-hydrogen) atoms. The fraction of sp³-hybridized carbons (Fsp3) is 0.176. The first-order valence-corrected chi connectivity index (χ1v) is 9.26. The predicted molar refractivity (Wildman–Crippen MR) is 97.5 cm³/mol. The van der Waals surface area contributed by atoms with E-state index in [1.54, 1.807) is 31.2 Å². The first kappa shape index (κ1) is 17.7. The Hall–Kier alpha value is -3.07. The van der Waals surface area contributed by atoms with Gasteiger partial charge in [0.1, 0.15) is 6.33 Å². The maximum Gasteiger partial charge on any atom is 0.278 e. The molecular formula is C17H18N6O2S. The van der Waals surface area contributed by atoms with Crippen LogP contribution in [-0.2, 0) is 10.0 Å². The molecule has 0 saturated carbocycles. The van der Waals surface area contributed by atoms with Crippen molar-refractivity contribution in [2.24, 2.45) is 5.10 Å². The van der Waals surface area contributed by atoms with Gasteiger partial charge in [0.25, 0.3) is 10.0 Å². The summed E-state index contributed by atoms with van der Waals surface area (Å²) in [6.45, 7) is 3.66. The summed E-state index contributed by atoms with van der Waals surface area (Å²) in [5, 5.41) is 15.2. The van der Waals surface area contributed by atoms with E-state index in [-0.39, 0.29) is 4.90 Å². The van der Waals surface area contributed by atoms with Gasteiger partial charge in [-0.3, -0.25) is 0 Å². The van der Waals surface area contributed by atoms with Gasteiger partial charge in [-0.2, -0.15) is 17.9 Å². The number of hydrogen-bond acceptors (Lipinski definition) is 6. The van der Waals surface area contributed by atoms with Crippen molar-refractivity contribution in [2.75, 3.05) is 7.05 Å². The molecule has 0 unspecified atom stereocenters. The third-order valence-corrected chi connectivity index (χ3v) is 5.50. The molecule has 3 aromatic rings. The van der Waals surface area contributed by atoms with E-state index < -0.39 is 10.0 Å². The number of aryl methyl sites for hydroxylation is 1. The van der Waals surface area contributed by atoms with Crippen molar-refractivity contribution < 1.29 is 8.42 Å². The van der Waals surface area contributed by atoms with E-state index in [4.69, 9.17) is 0 Å². The van der Waals surface area contributed by atoms with Gasteiger partial charge in [-0.05, 0) is 54.1 Å². The summed E-state index contributed by atoms with van der Waals surface area (Å²) in [7, 11) is -2.26. The molecule has 0 bridgehead atoms. The Balaban J connectivity index is 1.83. The largest absolute Gasteiger partial charge is 0.278 e. The molecule has 0 radical (unpaired) electrons. The minimum absolute atomic E-state index is 0.205. The first-order chi connectivity index (χ1) is 12.4. The maximum absolute atomic E-state index is 12.6. The minimum Gasteiger partial charge on any atom is -0.201 e. The van der Waals surface area contributed by atoms with Crippen molar-refractivity contribution >= 4 is 15.7 Å². The summed E-state index contributed by atoms with van der Waals surface area (Å²) in [6, 6.07) is 14.0. The van der Waals surface area contributed by atoms with Gasteiger partial charge >= 0.3 is 0 Å². The third-order valence-electron chi connectivity index (χ3n) is 3.86. The van der Waals surface area contributed by atoms with E-state index in [9.17, 15) is 8.42 Å². The molecule has 9 heteroatoms. The summed E-state index contributed by atoms with van der Waals surface area (Å²) >= 11 is 0. The van der Waals surface area contributed by atoms with Crippen LogP contribution in [0.4, 0.5) is 0 Å². The second-order valence-corrected chi connectivity index (χ2v) is 7.69. The fourth-order valence-corrected chi connectivity index (χ4v) is 3.34. The summed E-state index contributed by atoms with van der Waals surface area (Å²) < 4.78 is 27.7. The Morgan fingerprint density at radius 1 is 1.08 bits per heavy atom. The molecule has 1 heterocycles. The highest BCUT2D eigenvalue weighted by Crippen LogP contribution is 2.16. The molecular weight excluding hydrogens is 352 g/mol. The number of rotatable bonds is 5. The molecule has 0 atom stereocenters. The summed E-state index contributed by atoms with van der Waals surface area (Å²) in [5.41, 5.74) is 3.17. The van der Waals surface area contributed by atoms with Crippen molar-refractivity contribution in [3.63, 3.8) is 0 Å². The van der Waals surface area contributed by atoms with Gasteiger partial charge in [0, 0.05) is 7.05 Å². The molecule has 0 aliphatic carbocycles. The van der Waals surface area contributed by atoms with Crippen LogP contribution in [0.15, 0.2) is 64.9 Å². The Bertz CT molecular complexity index is 1010. The number of sulfonamides is 1. The van der Waals surface area contributed by atoms with Gasteiger partial charge in [0.2, 0.25) is 0 Å². The molecule has 0 fully saturated rings. The lowest BCUT2D eigenvalue weighted by atomic mass is 10.1. The minimum atomic E-state index is -3.69. The van der Waals surface area contributed by atoms with E-state index in [0.29, 0.717) is 5.71 Å². The molecule has 2 aromatic carbocycles. The Morgan fingerprint density at radius 2 is 1.73 bits per heavy atom. The fourth-order valence-electron chi connectivity index (χ4n) is 2.32. The van der Waals surface area contributed by atoms with E-state index >= 15 is 0 Å². The summed E-state index contributed by atoms with van der Waals surface area (Å²) in [6.07, 6.45) is 1.50. The van der Waals surface area contributed by atoms with Crippen molar-refractivity contribution in [3.8, 4) is 5.69 Å². The zero-order chi connectivity index (χ0) is 18.7. The van der Waals surface area contributed by atoms with Crippen LogP contribution in [0.1, 0.15) is 18.1 Å². The Labute approximate surface area is 151 Å². The van der Waals surface area contributed by atoms with Crippen molar-refractivity contribution in [1.82, 2.24) is 24.6 Å². The molecule has 0 saturated heterocycles. The number of aromatic nitrogens is 4. The lowest BCUT2D eigenvalue weighted by Crippen LogP contribution is -2.23. The molecule has 0 amide bonds. The second kappa shape index (κ2) is 7.04. The SMILES string of the molecule is C/C(=N/N(C)S(=O)(=O)c1ccc(C)cc1)c1ccc(-n2cnnn2)cc1. The van der Waals surface area contributed by atoms with Gasteiger partial charge < -0.3 is 0 Å². The second-order valence-electron chi connectivity index (χ2n) is 5.74. The number of nitrogens with zero attached hydrogens (tertiary/aromatic N) is 6. The lowest BCUT2D eigenvalue weighted by molar-refractivity contribution is 0.489. The van der Waals surface area contributed by atoms with Crippen molar-refractivity contribution in [3.05, 3.63) is 66.0 Å². The molecule has 8 nitrogen and oxygen atoms in total. The molecule has 1 aromatic heterocycles. The van der Waals surface area contributed by atoms with Crippen LogP contribution in [0.3, 0.4) is 0 Å². The molecule has 3 rings (SSSR count). The van der Waals surface area contributed by atoms with E-state index in [1.165, 1.54) is 18.1 Å².